The molecular formula is C26H36N10O4. The maximum absolute atomic E-state index is 13.0. The highest BCUT2D eigenvalue weighted by Crippen LogP contribution is 2.26. The summed E-state index contributed by atoms with van der Waals surface area (Å²) < 4.78 is 12.7. The zero-order valence-electron chi connectivity index (χ0n) is 23.2. The van der Waals surface area contributed by atoms with E-state index in [1.165, 1.54) is 11.0 Å². The zero-order valence-corrected chi connectivity index (χ0v) is 23.2. The van der Waals surface area contributed by atoms with E-state index in [4.69, 9.17) is 9.47 Å². The van der Waals surface area contributed by atoms with E-state index in [2.05, 4.69) is 30.7 Å². The Balaban J connectivity index is 1.02. The summed E-state index contributed by atoms with van der Waals surface area (Å²) in [5.74, 6) is 1.69. The lowest BCUT2D eigenvalue weighted by atomic mass is 9.92. The predicted molar refractivity (Wildman–Crippen MR) is 141 cm³/mol. The van der Waals surface area contributed by atoms with Crippen molar-refractivity contribution in [3.05, 3.63) is 36.5 Å². The standard InChI is InChI=1S/C26H36N10O4/c1-26(2,3)40-25(38)34-10-6-19(7-11-34)14-24(37)33-12-8-21(9-13-33)36-29-15-20(30-36)17-39-22-4-5-23(27-16-22)35-18-28-31-32-35/h4-5,15-16,18-19,21H,6-14,17H2,1-3H3. The van der Waals surface area contributed by atoms with E-state index in [-0.39, 0.29) is 24.6 Å². The van der Waals surface area contributed by atoms with Crippen LogP contribution in [0.4, 0.5) is 4.79 Å². The molecule has 0 aromatic carbocycles. The van der Waals surface area contributed by atoms with Crippen LogP contribution >= 0.6 is 0 Å². The zero-order chi connectivity index (χ0) is 28.1. The van der Waals surface area contributed by atoms with Crippen LogP contribution in [0, 0.1) is 5.92 Å². The average Bonchev–Trinajstić information content (AvgIpc) is 3.65. The van der Waals surface area contributed by atoms with Gasteiger partial charge in [-0.05, 0) is 74.9 Å². The van der Waals surface area contributed by atoms with Gasteiger partial charge in [0.25, 0.3) is 0 Å². The molecule has 2 aliphatic heterocycles. The van der Waals surface area contributed by atoms with Gasteiger partial charge in [-0.15, -0.1) is 5.10 Å². The highest BCUT2D eigenvalue weighted by Gasteiger charge is 2.30. The number of aromatic nitrogens is 8. The number of carbonyl (C=O) groups is 2. The quantitative estimate of drug-likeness (QED) is 0.428. The van der Waals surface area contributed by atoms with Gasteiger partial charge in [0, 0.05) is 32.6 Å². The number of piperidine rings is 2. The molecule has 0 bridgehead atoms. The van der Waals surface area contributed by atoms with Crippen LogP contribution in [0.3, 0.4) is 0 Å². The minimum absolute atomic E-state index is 0.145. The lowest BCUT2D eigenvalue weighted by Crippen LogP contribution is -2.43. The second-order valence-corrected chi connectivity index (χ2v) is 11.3. The molecule has 2 fully saturated rings. The maximum Gasteiger partial charge on any atom is 0.410 e. The minimum Gasteiger partial charge on any atom is -0.486 e. The smallest absolute Gasteiger partial charge is 0.410 e. The fraction of sp³-hybridized carbons (Fsp3) is 0.615. The number of likely N-dealkylation sites (tertiary alicyclic amines) is 2. The number of ether oxygens (including phenoxy) is 2. The fourth-order valence-corrected chi connectivity index (χ4v) is 4.94. The number of amides is 2. The van der Waals surface area contributed by atoms with E-state index < -0.39 is 5.60 Å². The van der Waals surface area contributed by atoms with Gasteiger partial charge in [0.15, 0.2) is 5.82 Å². The SMILES string of the molecule is CC(C)(C)OC(=O)N1CCC(CC(=O)N2CCC(n3ncc(COc4ccc(-n5cnnn5)nc4)n3)CC2)CC1. The van der Waals surface area contributed by atoms with Crippen LogP contribution in [0.1, 0.15) is 64.6 Å². The molecule has 5 heterocycles. The topological polar surface area (TPSA) is 146 Å². The number of pyridine rings is 1. The van der Waals surface area contributed by atoms with Crippen molar-refractivity contribution in [2.24, 2.45) is 5.92 Å². The lowest BCUT2D eigenvalue weighted by molar-refractivity contribution is -0.133. The summed E-state index contributed by atoms with van der Waals surface area (Å²) in [6.45, 7) is 8.53. The van der Waals surface area contributed by atoms with Crippen LogP contribution < -0.4 is 4.74 Å². The lowest BCUT2D eigenvalue weighted by Gasteiger charge is -2.35. The van der Waals surface area contributed by atoms with Crippen molar-refractivity contribution in [3.63, 3.8) is 0 Å². The summed E-state index contributed by atoms with van der Waals surface area (Å²) in [5, 5.41) is 20.0. The summed E-state index contributed by atoms with van der Waals surface area (Å²) >= 11 is 0. The molecule has 3 aromatic heterocycles. The summed E-state index contributed by atoms with van der Waals surface area (Å²) in [6, 6.07) is 3.71. The molecule has 0 N–H and O–H groups in total. The van der Waals surface area contributed by atoms with E-state index in [1.54, 1.807) is 34.2 Å². The Labute approximate surface area is 232 Å². The van der Waals surface area contributed by atoms with Crippen LogP contribution in [0.25, 0.3) is 5.82 Å². The van der Waals surface area contributed by atoms with Crippen LogP contribution in [0.5, 0.6) is 5.75 Å². The molecule has 14 nitrogen and oxygen atoms in total. The van der Waals surface area contributed by atoms with E-state index in [0.717, 1.165) is 31.4 Å². The summed E-state index contributed by atoms with van der Waals surface area (Å²) in [4.78, 5) is 35.0. The monoisotopic (exact) mass is 552 g/mol. The Hall–Kier alpha value is -4.10. The molecule has 2 saturated heterocycles. The van der Waals surface area contributed by atoms with Gasteiger partial charge in [-0.1, -0.05) is 0 Å². The van der Waals surface area contributed by atoms with E-state index in [1.807, 2.05) is 25.7 Å². The average molecular weight is 553 g/mol. The number of hydrogen-bond acceptors (Lipinski definition) is 10. The van der Waals surface area contributed by atoms with Crippen molar-refractivity contribution in [2.45, 2.75) is 71.1 Å². The van der Waals surface area contributed by atoms with Crippen molar-refractivity contribution >= 4 is 12.0 Å². The van der Waals surface area contributed by atoms with Gasteiger partial charge in [-0.25, -0.2) is 9.78 Å². The highest BCUT2D eigenvalue weighted by molar-refractivity contribution is 5.76. The molecule has 0 spiro atoms. The van der Waals surface area contributed by atoms with Gasteiger partial charge < -0.3 is 19.3 Å². The number of hydrogen-bond donors (Lipinski definition) is 0. The minimum atomic E-state index is -0.500. The second-order valence-electron chi connectivity index (χ2n) is 11.3. The number of tetrazole rings is 1. The molecule has 214 valence electrons. The van der Waals surface area contributed by atoms with Crippen molar-refractivity contribution in [2.75, 3.05) is 26.2 Å². The van der Waals surface area contributed by atoms with Gasteiger partial charge in [-0.3, -0.25) is 4.79 Å². The molecular weight excluding hydrogens is 516 g/mol. The molecule has 0 aliphatic carbocycles. The third-order valence-electron chi connectivity index (χ3n) is 7.12. The number of rotatable bonds is 7. The van der Waals surface area contributed by atoms with Gasteiger partial charge in [-0.2, -0.15) is 19.7 Å². The summed E-state index contributed by atoms with van der Waals surface area (Å²) in [7, 11) is 0. The predicted octanol–water partition coefficient (Wildman–Crippen LogP) is 2.43. The van der Waals surface area contributed by atoms with Crippen LogP contribution in [0.2, 0.25) is 0 Å². The molecule has 0 unspecified atom stereocenters. The number of nitrogens with zero attached hydrogens (tertiary/aromatic N) is 10. The fourth-order valence-electron chi connectivity index (χ4n) is 4.94. The van der Waals surface area contributed by atoms with E-state index in [0.29, 0.717) is 50.1 Å². The second kappa shape index (κ2) is 12.0. The molecule has 2 amide bonds. The van der Waals surface area contributed by atoms with Crippen molar-refractivity contribution in [1.82, 2.24) is 50.0 Å². The summed E-state index contributed by atoms with van der Waals surface area (Å²) in [6.07, 6.45) is 8.31. The van der Waals surface area contributed by atoms with E-state index in [9.17, 15) is 9.59 Å². The first-order valence-electron chi connectivity index (χ1n) is 13.7. The normalized spacial score (nSPS) is 17.2. The third-order valence-corrected chi connectivity index (χ3v) is 7.12. The van der Waals surface area contributed by atoms with Gasteiger partial charge in [0.1, 0.15) is 30.0 Å². The Kier molecular flexibility index (Phi) is 8.21. The number of carbonyl (C=O) groups excluding carboxylic acids is 2. The Morgan fingerprint density at radius 2 is 1.75 bits per heavy atom. The largest absolute Gasteiger partial charge is 0.486 e. The first kappa shape index (κ1) is 27.5. The first-order chi connectivity index (χ1) is 19.2. The molecule has 5 rings (SSSR count). The van der Waals surface area contributed by atoms with Crippen molar-refractivity contribution in [3.8, 4) is 11.6 Å². The van der Waals surface area contributed by atoms with Gasteiger partial charge in [0.05, 0.1) is 18.4 Å². The van der Waals surface area contributed by atoms with Gasteiger partial charge in [0.2, 0.25) is 5.91 Å². The molecule has 3 aromatic rings. The molecule has 0 saturated carbocycles. The van der Waals surface area contributed by atoms with Crippen LogP contribution in [-0.4, -0.2) is 93.8 Å². The Morgan fingerprint density at radius 3 is 2.40 bits per heavy atom. The third kappa shape index (κ3) is 7.10. The molecule has 14 heteroatoms. The van der Waals surface area contributed by atoms with Gasteiger partial charge >= 0.3 is 6.09 Å². The molecule has 0 radical (unpaired) electrons. The van der Waals surface area contributed by atoms with Crippen LogP contribution in [0.15, 0.2) is 30.9 Å². The molecule has 0 atom stereocenters. The molecule has 40 heavy (non-hydrogen) atoms. The summed E-state index contributed by atoms with van der Waals surface area (Å²) in [5.41, 5.74) is 0.223. The highest BCUT2D eigenvalue weighted by atomic mass is 16.6. The first-order valence-corrected chi connectivity index (χ1v) is 13.7. The van der Waals surface area contributed by atoms with Crippen molar-refractivity contribution < 1.29 is 19.1 Å². The molecule has 2 aliphatic rings. The van der Waals surface area contributed by atoms with Crippen LogP contribution in [-0.2, 0) is 16.1 Å². The Bertz CT molecular complexity index is 1260. The maximum atomic E-state index is 13.0. The Morgan fingerprint density at radius 1 is 1.00 bits per heavy atom. The van der Waals surface area contributed by atoms with Crippen molar-refractivity contribution in [1.29, 1.82) is 0 Å². The van der Waals surface area contributed by atoms with E-state index >= 15 is 0 Å².